The van der Waals surface area contributed by atoms with Gasteiger partial charge < -0.3 is 0 Å². The van der Waals surface area contributed by atoms with Crippen molar-refractivity contribution in [2.75, 3.05) is 0 Å². The molecule has 71 heavy (non-hydrogen) atoms. The Morgan fingerprint density at radius 2 is 1.48 bits per heavy atom. The molecule has 7 aromatic carbocycles. The summed E-state index contributed by atoms with van der Waals surface area (Å²) in [7, 11) is -1.87. The highest BCUT2D eigenvalue weighted by Crippen LogP contribution is 2.50. The number of aromatic nitrogens is 3. The number of thiophene rings is 1. The number of fused-ring (bicyclic) bond motifs is 15. The summed E-state index contributed by atoms with van der Waals surface area (Å²) in [5.74, 6) is 0.919. The summed E-state index contributed by atoms with van der Waals surface area (Å²) in [4.78, 5) is 0. The molecular weight excluding hydrogens is 909 g/mol. The summed E-state index contributed by atoms with van der Waals surface area (Å²) in [6, 6.07) is 54.2. The number of aryl methyl sites for hydroxylation is 1. The minimum atomic E-state index is -1.87. The van der Waals surface area contributed by atoms with Crippen LogP contribution in [0.25, 0.3) is 76.4 Å². The molecule has 2 aliphatic rings. The molecule has 0 N–H and O–H groups in total. The third-order valence-electron chi connectivity index (χ3n) is 15.6. The molecule has 5 heterocycles. The molecule has 0 saturated carbocycles. The molecule has 0 radical (unpaired) electrons. The Hall–Kier alpha value is -6.80. The Morgan fingerprint density at radius 3 is 2.24 bits per heavy atom. The molecule has 0 aliphatic carbocycles. The zero-order valence-electron chi connectivity index (χ0n) is 41.7. The zero-order valence-corrected chi connectivity index (χ0v) is 43.5. The number of allylic oxidation sites excluding steroid dienone is 1. The lowest BCUT2D eigenvalue weighted by atomic mass is 9.78. The normalized spacial score (nSPS) is 15.8. The van der Waals surface area contributed by atoms with Gasteiger partial charge in [-0.25, -0.2) is 8.78 Å². The fourth-order valence-electron chi connectivity index (χ4n) is 12.1. The van der Waals surface area contributed by atoms with Crippen LogP contribution in [0.1, 0.15) is 73.9 Å². The van der Waals surface area contributed by atoms with Crippen molar-refractivity contribution in [1.82, 2.24) is 4.57 Å². The van der Waals surface area contributed by atoms with Gasteiger partial charge in [-0.1, -0.05) is 150 Å². The third-order valence-corrected chi connectivity index (χ3v) is 18.8. The summed E-state index contributed by atoms with van der Waals surface area (Å²) >= 11 is 1.68. The Morgan fingerprint density at radius 1 is 0.761 bits per heavy atom. The maximum absolute atomic E-state index is 17.6. The predicted octanol–water partition coefficient (Wildman–Crippen LogP) is 15.7. The molecular formula is C64H59F2N3SSi+2. The van der Waals surface area contributed by atoms with Crippen LogP contribution in [0.3, 0.4) is 0 Å². The van der Waals surface area contributed by atoms with Gasteiger partial charge in [0.2, 0.25) is 11.7 Å². The van der Waals surface area contributed by atoms with Gasteiger partial charge in [0.1, 0.15) is 17.3 Å². The van der Waals surface area contributed by atoms with E-state index in [0.29, 0.717) is 23.3 Å². The second-order valence-electron chi connectivity index (χ2n) is 21.9. The Bertz CT molecular complexity index is 3780. The molecule has 2 aliphatic heterocycles. The van der Waals surface area contributed by atoms with Crippen molar-refractivity contribution in [2.45, 2.75) is 84.0 Å². The molecule has 12 rings (SSSR count). The number of imidazole rings is 1. The van der Waals surface area contributed by atoms with Crippen molar-refractivity contribution in [3.8, 4) is 39.5 Å². The predicted molar refractivity (Wildman–Crippen MR) is 295 cm³/mol. The highest BCUT2D eigenvalue weighted by atomic mass is 32.1. The van der Waals surface area contributed by atoms with Crippen LogP contribution >= 0.6 is 11.3 Å². The maximum Gasteiger partial charge on any atom is 0.302 e. The van der Waals surface area contributed by atoms with Gasteiger partial charge in [0.05, 0.1) is 24.3 Å². The van der Waals surface area contributed by atoms with Crippen LogP contribution in [0.2, 0.25) is 19.6 Å². The minimum absolute atomic E-state index is 0.0227. The van der Waals surface area contributed by atoms with Crippen LogP contribution in [-0.2, 0) is 18.3 Å². The molecule has 3 nitrogen and oxygen atoms in total. The molecule has 0 fully saturated rings. The lowest BCUT2D eigenvalue weighted by Crippen LogP contribution is -2.57. The summed E-state index contributed by atoms with van der Waals surface area (Å²) in [6.07, 6.45) is 4.93. The van der Waals surface area contributed by atoms with Gasteiger partial charge in [-0.2, -0.15) is 13.7 Å². The first kappa shape index (κ1) is 45.3. The van der Waals surface area contributed by atoms with Crippen LogP contribution in [0.4, 0.5) is 8.78 Å². The zero-order chi connectivity index (χ0) is 49.1. The molecule has 0 amide bonds. The quantitative estimate of drug-likeness (QED) is 0.112. The van der Waals surface area contributed by atoms with Gasteiger partial charge in [-0.05, 0) is 114 Å². The average molecular weight is 968 g/mol. The molecule has 0 saturated heterocycles. The first-order valence-corrected chi connectivity index (χ1v) is 29.5. The highest BCUT2D eigenvalue weighted by Gasteiger charge is 2.49. The van der Waals surface area contributed by atoms with E-state index >= 15 is 8.78 Å². The second-order valence-corrected chi connectivity index (χ2v) is 28.0. The van der Waals surface area contributed by atoms with Crippen molar-refractivity contribution >= 4 is 61.5 Å². The van der Waals surface area contributed by atoms with Crippen molar-refractivity contribution in [3.05, 3.63) is 210 Å². The van der Waals surface area contributed by atoms with Crippen molar-refractivity contribution < 1.29 is 17.9 Å². The van der Waals surface area contributed by atoms with Crippen LogP contribution in [0, 0.1) is 17.6 Å². The Labute approximate surface area is 421 Å². The SMILES string of the molecule is C=C1C2C(CCc3cc(F)c4c(sc5cc(C(C)(C)c6ccccc6)ccc54)c3-c3n(-c4ccc(F)c(-c5ccccc5)c4)c4ccccc4[n+]31)c1ccccc1-c1cc(CC(C)C)c([Si](C)(C)C)c[n+]12. The molecule has 0 bridgehead atoms. The summed E-state index contributed by atoms with van der Waals surface area (Å²) in [5.41, 5.74) is 14.3. The van der Waals surface area contributed by atoms with Crippen molar-refractivity contribution in [2.24, 2.45) is 5.92 Å². The third kappa shape index (κ3) is 7.29. The summed E-state index contributed by atoms with van der Waals surface area (Å²) in [6.45, 7) is 21.8. The second kappa shape index (κ2) is 16.9. The molecule has 7 heteroatoms. The van der Waals surface area contributed by atoms with Gasteiger partial charge in [0.25, 0.3) is 0 Å². The van der Waals surface area contributed by atoms with Crippen LogP contribution < -0.4 is 14.3 Å². The molecule has 0 spiro atoms. The molecule has 352 valence electrons. The number of benzene rings is 7. The van der Waals surface area contributed by atoms with Crippen molar-refractivity contribution in [1.29, 1.82) is 0 Å². The number of pyridine rings is 1. The minimum Gasteiger partial charge on any atom is -0.206 e. The van der Waals surface area contributed by atoms with Crippen LogP contribution in [0.5, 0.6) is 0 Å². The van der Waals surface area contributed by atoms with Crippen LogP contribution in [0.15, 0.2) is 171 Å². The number of halogens is 2. The molecule has 10 aromatic rings. The van der Waals surface area contributed by atoms with E-state index in [1.165, 1.54) is 38.7 Å². The first-order chi connectivity index (χ1) is 34.2. The average Bonchev–Trinajstić information content (AvgIpc) is 3.93. The van der Waals surface area contributed by atoms with E-state index in [2.05, 4.69) is 170 Å². The molecule has 3 aromatic heterocycles. The monoisotopic (exact) mass is 967 g/mol. The van der Waals surface area contributed by atoms with E-state index in [-0.39, 0.29) is 29.0 Å². The summed E-state index contributed by atoms with van der Waals surface area (Å²) in [5, 5.41) is 3.01. The number of para-hydroxylation sites is 2. The maximum atomic E-state index is 17.6. The number of nitrogens with zero attached hydrogens (tertiary/aromatic N) is 3. The number of hydrogen-bond donors (Lipinski definition) is 0. The molecule has 2 unspecified atom stereocenters. The van der Waals surface area contributed by atoms with Gasteiger partial charge in [-0.15, -0.1) is 11.3 Å². The van der Waals surface area contributed by atoms with Gasteiger partial charge in [0.15, 0.2) is 22.9 Å². The van der Waals surface area contributed by atoms with E-state index in [1.54, 1.807) is 17.4 Å². The van der Waals surface area contributed by atoms with E-state index in [0.717, 1.165) is 72.6 Å². The Kier molecular flexibility index (Phi) is 10.8. The fraction of sp³-hybridized carbons (Fsp3) is 0.219. The largest absolute Gasteiger partial charge is 0.302 e. The summed E-state index contributed by atoms with van der Waals surface area (Å²) < 4.78 is 43.1. The van der Waals surface area contributed by atoms with Gasteiger partial charge in [0, 0.05) is 43.3 Å². The smallest absolute Gasteiger partial charge is 0.206 e. The van der Waals surface area contributed by atoms with E-state index in [1.807, 2.05) is 48.5 Å². The molecule has 2 atom stereocenters. The first-order valence-electron chi connectivity index (χ1n) is 25.2. The van der Waals surface area contributed by atoms with Gasteiger partial charge >= 0.3 is 5.82 Å². The van der Waals surface area contributed by atoms with E-state index in [4.69, 9.17) is 6.58 Å². The topological polar surface area (TPSA) is 12.7 Å². The lowest BCUT2D eigenvalue weighted by Gasteiger charge is -2.32. The number of hydrogen-bond acceptors (Lipinski definition) is 1. The highest BCUT2D eigenvalue weighted by molar-refractivity contribution is 7.26. The van der Waals surface area contributed by atoms with Crippen LogP contribution in [-0.4, -0.2) is 12.6 Å². The standard InChI is InChI=1S/C64H59F2N3SSi/c1-39(2)33-43-35-56-48-24-16-15-23-47(48)49-30-27-42-34-53(66)60-50-31-28-45(64(4,5)44-21-13-10-14-22-44)36-57(50)70-62(60)59(42)63-68(40(3)61(49)67(56)38-58(43)71(6,7)8)54-25-17-18-26-55(54)69(63)46-29-32-52(65)51(37-46)41-19-11-9-12-20-41/h9-26,28-29,31-32,34-39,49,61H,3,27,30,33H2,1-2,4-8H3/q+2. The Balaban J connectivity index is 1.20. The van der Waals surface area contributed by atoms with E-state index in [9.17, 15) is 0 Å². The number of rotatable bonds is 7. The van der Waals surface area contributed by atoms with E-state index < -0.39 is 8.07 Å². The lowest BCUT2D eigenvalue weighted by molar-refractivity contribution is -0.723. The fourth-order valence-corrected chi connectivity index (χ4v) is 15.1. The van der Waals surface area contributed by atoms with Crippen molar-refractivity contribution in [3.63, 3.8) is 0 Å². The van der Waals surface area contributed by atoms with Gasteiger partial charge in [-0.3, -0.25) is 0 Å².